The van der Waals surface area contributed by atoms with Gasteiger partial charge in [-0.05, 0) is 47.5 Å². The molecule has 126 valence electrons. The van der Waals surface area contributed by atoms with Gasteiger partial charge in [0, 0.05) is 10.2 Å². The number of hydrogen-bond donors (Lipinski definition) is 2. The Morgan fingerprint density at radius 1 is 1.21 bits per heavy atom. The highest BCUT2D eigenvalue weighted by Gasteiger charge is 2.04. The first-order valence-corrected chi connectivity index (χ1v) is 9.23. The fourth-order valence-corrected chi connectivity index (χ4v) is 3.16. The van der Waals surface area contributed by atoms with Gasteiger partial charge in [-0.2, -0.15) is 0 Å². The van der Waals surface area contributed by atoms with Crippen LogP contribution in [-0.2, 0) is 10.5 Å². The summed E-state index contributed by atoms with van der Waals surface area (Å²) in [5.41, 5.74) is 8.19. The Morgan fingerprint density at radius 3 is 2.62 bits per heavy atom. The monoisotopic (exact) mass is 406 g/mol. The molecule has 0 saturated carbocycles. The van der Waals surface area contributed by atoms with Gasteiger partial charge in [-0.15, -0.1) is 11.8 Å². The zero-order chi connectivity index (χ0) is 17.4. The Morgan fingerprint density at radius 2 is 1.96 bits per heavy atom. The van der Waals surface area contributed by atoms with Crippen molar-refractivity contribution in [3.63, 3.8) is 0 Å². The maximum Gasteiger partial charge on any atom is 0.248 e. The lowest BCUT2D eigenvalue weighted by molar-refractivity contribution is -0.119. The summed E-state index contributed by atoms with van der Waals surface area (Å²) in [6.07, 6.45) is 0. The fourth-order valence-electron chi connectivity index (χ4n) is 1.93. The van der Waals surface area contributed by atoms with Crippen LogP contribution in [0.2, 0.25) is 0 Å². The lowest BCUT2D eigenvalue weighted by Gasteiger charge is -2.11. The molecule has 0 radical (unpaired) electrons. The van der Waals surface area contributed by atoms with Crippen molar-refractivity contribution in [2.45, 2.75) is 5.75 Å². The van der Waals surface area contributed by atoms with E-state index >= 15 is 0 Å². The van der Waals surface area contributed by atoms with Crippen LogP contribution in [0.5, 0.6) is 5.75 Å². The second-order valence-electron chi connectivity index (χ2n) is 5.00. The molecule has 0 atom stereocenters. The van der Waals surface area contributed by atoms with Crippen molar-refractivity contribution >= 4 is 39.3 Å². The maximum absolute atomic E-state index is 11.9. The number of hydrazine groups is 1. The van der Waals surface area contributed by atoms with Crippen molar-refractivity contribution in [3.8, 4) is 5.75 Å². The number of hydrogen-bond acceptors (Lipinski definition) is 4. The second-order valence-corrected chi connectivity index (χ2v) is 6.90. The molecule has 2 aromatic rings. The van der Waals surface area contributed by atoms with Crippen LogP contribution in [0.3, 0.4) is 0 Å². The quantitative estimate of drug-likeness (QED) is 0.650. The van der Waals surface area contributed by atoms with E-state index in [0.717, 1.165) is 21.5 Å². The molecule has 2 N–H and O–H groups in total. The predicted octanol–water partition coefficient (Wildman–Crippen LogP) is 3.98. The molecule has 2 aromatic carbocycles. The molecule has 6 heteroatoms. The molecule has 2 rings (SSSR count). The molecule has 0 aromatic heterocycles. The first-order chi connectivity index (χ1) is 11.6. The number of methoxy groups -OCH3 is 1. The van der Waals surface area contributed by atoms with Crippen LogP contribution in [0.15, 0.2) is 59.6 Å². The zero-order valence-electron chi connectivity index (χ0n) is 13.3. The number of benzene rings is 2. The summed E-state index contributed by atoms with van der Waals surface area (Å²) >= 11 is 5.00. The average molecular weight is 407 g/mol. The van der Waals surface area contributed by atoms with E-state index in [9.17, 15) is 4.79 Å². The Labute approximate surface area is 154 Å². The number of ether oxygens (including phenoxy) is 1. The summed E-state index contributed by atoms with van der Waals surface area (Å²) in [6.45, 7) is 3.91. The van der Waals surface area contributed by atoms with Crippen LogP contribution in [0.25, 0.3) is 5.70 Å². The highest BCUT2D eigenvalue weighted by atomic mass is 79.9. The number of thioether (sulfide) groups is 1. The number of carbonyl (C=O) groups is 1. The molecule has 0 aliphatic carbocycles. The molecule has 0 unspecified atom stereocenters. The first kappa shape index (κ1) is 18.4. The third-order valence-electron chi connectivity index (χ3n) is 3.18. The second kappa shape index (κ2) is 9.39. The van der Waals surface area contributed by atoms with Gasteiger partial charge in [-0.25, -0.2) is 0 Å². The van der Waals surface area contributed by atoms with Gasteiger partial charge in [0.15, 0.2) is 0 Å². The smallest absolute Gasteiger partial charge is 0.248 e. The Bertz CT molecular complexity index is 704. The molecule has 0 aliphatic rings. The summed E-state index contributed by atoms with van der Waals surface area (Å²) in [4.78, 5) is 11.9. The molecular weight excluding hydrogens is 388 g/mol. The lowest BCUT2D eigenvalue weighted by Crippen LogP contribution is -2.37. The maximum atomic E-state index is 11.9. The van der Waals surface area contributed by atoms with Crippen molar-refractivity contribution < 1.29 is 9.53 Å². The Balaban J connectivity index is 1.71. The highest BCUT2D eigenvalue weighted by Crippen LogP contribution is 2.17. The summed E-state index contributed by atoms with van der Waals surface area (Å²) in [5.74, 6) is 1.84. The van der Waals surface area contributed by atoms with Crippen LogP contribution in [-0.4, -0.2) is 18.8 Å². The summed E-state index contributed by atoms with van der Waals surface area (Å²) < 4.78 is 6.15. The van der Waals surface area contributed by atoms with Crippen LogP contribution in [0.1, 0.15) is 11.1 Å². The van der Waals surface area contributed by atoms with Crippen molar-refractivity contribution in [2.75, 3.05) is 12.9 Å². The first-order valence-electron chi connectivity index (χ1n) is 7.29. The predicted molar refractivity (Wildman–Crippen MR) is 104 cm³/mol. The van der Waals surface area contributed by atoms with Crippen LogP contribution in [0.4, 0.5) is 0 Å². The minimum Gasteiger partial charge on any atom is -0.497 e. The molecule has 4 nitrogen and oxygen atoms in total. The van der Waals surface area contributed by atoms with Crippen LogP contribution >= 0.6 is 27.7 Å². The van der Waals surface area contributed by atoms with Crippen molar-refractivity contribution in [2.24, 2.45) is 0 Å². The summed E-state index contributed by atoms with van der Waals surface area (Å²) in [6, 6.07) is 15.5. The number of nitrogens with one attached hydrogen (secondary N) is 2. The SMILES string of the molecule is C=C(NNC(=O)CSCc1cccc(Br)c1)c1ccc(OC)cc1. The lowest BCUT2D eigenvalue weighted by atomic mass is 10.2. The number of amides is 1. The standard InChI is InChI=1S/C18H19BrN2O2S/c1-13(15-6-8-17(23-2)9-7-15)20-21-18(22)12-24-11-14-4-3-5-16(19)10-14/h3-10,20H,1,11-12H2,2H3,(H,21,22). The van der Waals surface area contributed by atoms with Gasteiger partial charge in [-0.1, -0.05) is 34.6 Å². The van der Waals surface area contributed by atoms with Gasteiger partial charge < -0.3 is 4.74 Å². The third-order valence-corrected chi connectivity index (χ3v) is 4.68. The average Bonchev–Trinajstić information content (AvgIpc) is 2.60. The van der Waals surface area contributed by atoms with Crippen molar-refractivity contribution in [1.82, 2.24) is 10.9 Å². The fraction of sp³-hybridized carbons (Fsp3) is 0.167. The number of carbonyl (C=O) groups excluding carboxylic acids is 1. The zero-order valence-corrected chi connectivity index (χ0v) is 15.7. The minimum atomic E-state index is -0.0929. The van der Waals surface area contributed by atoms with Crippen LogP contribution in [0, 0.1) is 0 Å². The number of rotatable bonds is 8. The summed E-state index contributed by atoms with van der Waals surface area (Å²) in [5, 5.41) is 0. The molecule has 24 heavy (non-hydrogen) atoms. The van der Waals surface area contributed by atoms with E-state index in [2.05, 4.69) is 39.4 Å². The topological polar surface area (TPSA) is 50.4 Å². The van der Waals surface area contributed by atoms with Gasteiger partial charge in [0.1, 0.15) is 5.75 Å². The molecule has 0 heterocycles. The minimum absolute atomic E-state index is 0.0929. The van der Waals surface area contributed by atoms with Crippen molar-refractivity contribution in [3.05, 3.63) is 70.7 Å². The van der Waals surface area contributed by atoms with E-state index in [1.807, 2.05) is 42.5 Å². The Kier molecular flexibility index (Phi) is 7.21. The van der Waals surface area contributed by atoms with E-state index in [4.69, 9.17) is 4.74 Å². The van der Waals surface area contributed by atoms with E-state index in [1.54, 1.807) is 18.9 Å². The molecule has 0 fully saturated rings. The molecule has 0 bridgehead atoms. The van der Waals surface area contributed by atoms with Gasteiger partial charge in [0.25, 0.3) is 0 Å². The van der Waals surface area contributed by atoms with Gasteiger partial charge >= 0.3 is 0 Å². The molecular formula is C18H19BrN2O2S. The van der Waals surface area contributed by atoms with Gasteiger partial charge in [-0.3, -0.25) is 15.6 Å². The number of halogens is 1. The van der Waals surface area contributed by atoms with E-state index in [-0.39, 0.29) is 5.91 Å². The third kappa shape index (κ3) is 5.94. The molecule has 1 amide bonds. The molecule has 0 saturated heterocycles. The highest BCUT2D eigenvalue weighted by molar-refractivity contribution is 9.10. The molecule has 0 aliphatic heterocycles. The Hall–Kier alpha value is -1.92. The van der Waals surface area contributed by atoms with E-state index < -0.39 is 0 Å². The van der Waals surface area contributed by atoms with E-state index in [1.165, 1.54) is 5.56 Å². The summed E-state index contributed by atoms with van der Waals surface area (Å²) in [7, 11) is 1.62. The van der Waals surface area contributed by atoms with E-state index in [0.29, 0.717) is 11.4 Å². The van der Waals surface area contributed by atoms with Gasteiger partial charge in [0.2, 0.25) is 5.91 Å². The van der Waals surface area contributed by atoms with Crippen molar-refractivity contribution in [1.29, 1.82) is 0 Å². The van der Waals surface area contributed by atoms with Crippen LogP contribution < -0.4 is 15.6 Å². The molecule has 0 spiro atoms. The largest absolute Gasteiger partial charge is 0.497 e. The van der Waals surface area contributed by atoms with Gasteiger partial charge in [0.05, 0.1) is 18.6 Å². The normalized spacial score (nSPS) is 10.1.